The van der Waals surface area contributed by atoms with E-state index < -0.39 is 16.5 Å². The van der Waals surface area contributed by atoms with E-state index in [1.807, 2.05) is 0 Å². The summed E-state index contributed by atoms with van der Waals surface area (Å²) < 4.78 is 16.4. The van der Waals surface area contributed by atoms with Gasteiger partial charge in [-0.05, 0) is 43.4 Å². The Bertz CT molecular complexity index is 516. The summed E-state index contributed by atoms with van der Waals surface area (Å²) in [6, 6.07) is 0. The third kappa shape index (κ3) is 3.14. The van der Waals surface area contributed by atoms with E-state index in [9.17, 15) is 0 Å². The molecular formula is C19H40BNO2Si2. The molecule has 1 saturated heterocycles. The normalized spacial score (nSPS) is 38.5. The van der Waals surface area contributed by atoms with Gasteiger partial charge in [0.25, 0.3) is 0 Å². The smallest absolute Gasteiger partial charge is 0.404 e. The molecule has 4 fully saturated rings. The molecule has 0 spiro atoms. The third-order valence-corrected chi connectivity index (χ3v) is 14.9. The molecule has 2 bridgehead atoms. The summed E-state index contributed by atoms with van der Waals surface area (Å²) in [5.41, 5.74) is 0.368. The minimum atomic E-state index is -1.45. The van der Waals surface area contributed by atoms with Crippen LogP contribution in [-0.2, 0) is 9.31 Å². The Labute approximate surface area is 158 Å². The molecule has 3 nitrogen and oxygen atoms in total. The highest BCUT2D eigenvalue weighted by molar-refractivity contribution is 6.90. The molecule has 3 aliphatic carbocycles. The van der Waals surface area contributed by atoms with Crippen molar-refractivity contribution in [1.82, 2.24) is 4.23 Å². The molecule has 3 saturated carbocycles. The van der Waals surface area contributed by atoms with Crippen LogP contribution in [0.2, 0.25) is 39.3 Å². The first-order chi connectivity index (χ1) is 11.2. The SMILES string of the molecule is CC[C@@H](B1O[C@H]2[C@@H]3CC(C[C@@]2(C)O1)C3(C)C)N([Si](C)(C)C)[Si](C)(C)C. The summed E-state index contributed by atoms with van der Waals surface area (Å²) in [6.07, 6.45) is 3.91. The molecule has 0 aromatic heterocycles. The molecule has 4 aliphatic rings. The van der Waals surface area contributed by atoms with Gasteiger partial charge >= 0.3 is 7.12 Å². The highest BCUT2D eigenvalue weighted by Gasteiger charge is 2.67. The van der Waals surface area contributed by atoms with E-state index >= 15 is 0 Å². The van der Waals surface area contributed by atoms with Gasteiger partial charge in [0.1, 0.15) is 16.5 Å². The molecule has 0 N–H and O–H groups in total. The maximum atomic E-state index is 6.76. The van der Waals surface area contributed by atoms with Crippen LogP contribution in [0.15, 0.2) is 0 Å². The Morgan fingerprint density at radius 1 is 1.08 bits per heavy atom. The zero-order valence-corrected chi connectivity index (χ0v) is 20.3. The van der Waals surface area contributed by atoms with E-state index in [0.717, 1.165) is 12.3 Å². The van der Waals surface area contributed by atoms with Gasteiger partial charge in [0.2, 0.25) is 0 Å². The maximum absolute atomic E-state index is 6.76. The first kappa shape index (κ1) is 20.1. The van der Waals surface area contributed by atoms with Crippen LogP contribution in [0.1, 0.15) is 47.0 Å². The Kier molecular flexibility index (Phi) is 4.78. The van der Waals surface area contributed by atoms with Crippen molar-refractivity contribution in [2.45, 2.75) is 104 Å². The van der Waals surface area contributed by atoms with Crippen molar-refractivity contribution >= 4 is 23.6 Å². The predicted octanol–water partition coefficient (Wildman–Crippen LogP) is 5.00. The van der Waals surface area contributed by atoms with E-state index in [1.165, 1.54) is 12.8 Å². The summed E-state index contributed by atoms with van der Waals surface area (Å²) in [5, 5.41) is 0. The van der Waals surface area contributed by atoms with Crippen molar-refractivity contribution in [1.29, 1.82) is 0 Å². The predicted molar refractivity (Wildman–Crippen MR) is 113 cm³/mol. The molecule has 0 aromatic carbocycles. The van der Waals surface area contributed by atoms with Crippen molar-refractivity contribution in [2.75, 3.05) is 0 Å². The minimum Gasteiger partial charge on any atom is -0.404 e. The average Bonchev–Trinajstić information content (AvgIpc) is 2.78. The van der Waals surface area contributed by atoms with E-state index in [-0.39, 0.29) is 18.8 Å². The zero-order valence-electron chi connectivity index (χ0n) is 18.3. The second kappa shape index (κ2) is 5.94. The van der Waals surface area contributed by atoms with Gasteiger partial charge in [-0.15, -0.1) is 0 Å². The van der Waals surface area contributed by atoms with Gasteiger partial charge in [-0.25, -0.2) is 0 Å². The van der Waals surface area contributed by atoms with E-state index in [4.69, 9.17) is 9.31 Å². The summed E-state index contributed by atoms with van der Waals surface area (Å²) >= 11 is 0. The van der Waals surface area contributed by atoms with Crippen molar-refractivity contribution in [3.63, 3.8) is 0 Å². The molecule has 0 radical (unpaired) electrons. The van der Waals surface area contributed by atoms with Gasteiger partial charge in [0.15, 0.2) is 0 Å². The molecule has 144 valence electrons. The summed E-state index contributed by atoms with van der Waals surface area (Å²) in [5.74, 6) is 1.89. The molecule has 0 amide bonds. The summed E-state index contributed by atoms with van der Waals surface area (Å²) in [7, 11) is -2.94. The number of hydrogen-bond donors (Lipinski definition) is 0. The van der Waals surface area contributed by atoms with Crippen LogP contribution in [0.4, 0.5) is 0 Å². The monoisotopic (exact) mass is 381 g/mol. The first-order valence-corrected chi connectivity index (χ1v) is 17.2. The van der Waals surface area contributed by atoms with Crippen LogP contribution in [0.25, 0.3) is 0 Å². The molecule has 1 aliphatic heterocycles. The molecule has 5 atom stereocenters. The molecule has 25 heavy (non-hydrogen) atoms. The minimum absolute atomic E-state index is 0.0476. The fraction of sp³-hybridized carbons (Fsp3) is 1.00. The summed E-state index contributed by atoms with van der Waals surface area (Å²) in [6.45, 7) is 24.4. The van der Waals surface area contributed by atoms with Gasteiger partial charge in [0.05, 0.1) is 11.7 Å². The average molecular weight is 382 g/mol. The van der Waals surface area contributed by atoms with Gasteiger partial charge in [0, 0.05) is 5.94 Å². The van der Waals surface area contributed by atoms with Crippen molar-refractivity contribution in [2.24, 2.45) is 17.3 Å². The van der Waals surface area contributed by atoms with Crippen LogP contribution < -0.4 is 0 Å². The molecule has 4 rings (SSSR count). The number of hydrogen-bond acceptors (Lipinski definition) is 3. The van der Waals surface area contributed by atoms with Crippen molar-refractivity contribution in [3.05, 3.63) is 0 Å². The van der Waals surface area contributed by atoms with Crippen molar-refractivity contribution in [3.8, 4) is 0 Å². The largest absolute Gasteiger partial charge is 0.474 e. The molecular weight excluding hydrogens is 341 g/mol. The summed E-state index contributed by atoms with van der Waals surface area (Å²) in [4.78, 5) is 0. The van der Waals surface area contributed by atoms with E-state index in [1.54, 1.807) is 0 Å². The molecule has 6 heteroatoms. The van der Waals surface area contributed by atoms with Gasteiger partial charge in [-0.2, -0.15) is 0 Å². The maximum Gasteiger partial charge on any atom is 0.474 e. The lowest BCUT2D eigenvalue weighted by molar-refractivity contribution is -0.185. The van der Waals surface area contributed by atoms with Crippen LogP contribution in [0, 0.1) is 17.3 Å². The van der Waals surface area contributed by atoms with Crippen LogP contribution in [-0.4, -0.2) is 45.5 Å². The Morgan fingerprint density at radius 2 is 1.64 bits per heavy atom. The van der Waals surface area contributed by atoms with E-state index in [2.05, 4.69) is 71.2 Å². The zero-order chi connectivity index (χ0) is 19.0. The van der Waals surface area contributed by atoms with Gasteiger partial charge in [-0.3, -0.25) is 0 Å². The standard InChI is InChI=1S/C19H40BNO2Si2/c1-11-16(21(24(5,6)7)25(8,9)10)20-22-17-15-12-14(18(15,2)3)13-19(17,4)23-20/h14-17H,11-13H2,1-10H3/t14?,15-,16-,17-,19+/m0/s1. The second-order valence-corrected chi connectivity index (χ2v) is 21.7. The van der Waals surface area contributed by atoms with Crippen LogP contribution in [0.5, 0.6) is 0 Å². The van der Waals surface area contributed by atoms with Crippen molar-refractivity contribution < 1.29 is 9.31 Å². The molecule has 0 aromatic rings. The third-order valence-electron chi connectivity index (χ3n) is 7.34. The Hall–Kier alpha value is 0.379. The number of nitrogens with zero attached hydrogens (tertiary/aromatic N) is 1. The van der Waals surface area contributed by atoms with Crippen LogP contribution >= 0.6 is 0 Å². The van der Waals surface area contributed by atoms with Gasteiger partial charge < -0.3 is 13.5 Å². The molecule has 1 heterocycles. The lowest BCUT2D eigenvalue weighted by atomic mass is 9.45. The molecule has 1 unspecified atom stereocenters. The highest BCUT2D eigenvalue weighted by Crippen LogP contribution is 2.64. The Balaban J connectivity index is 1.86. The van der Waals surface area contributed by atoms with Gasteiger partial charge in [-0.1, -0.05) is 60.1 Å². The topological polar surface area (TPSA) is 21.7 Å². The lowest BCUT2D eigenvalue weighted by Crippen LogP contribution is -2.67. The fourth-order valence-corrected chi connectivity index (χ4v) is 17.1. The second-order valence-electron chi connectivity index (χ2n) is 11.6. The Morgan fingerprint density at radius 3 is 2.08 bits per heavy atom. The first-order valence-electron chi connectivity index (χ1n) is 10.3. The quantitative estimate of drug-likeness (QED) is 0.625. The fourth-order valence-electron chi connectivity index (χ4n) is 6.41. The highest BCUT2D eigenvalue weighted by atomic mass is 28.4. The lowest BCUT2D eigenvalue weighted by Gasteiger charge is -2.63. The number of rotatable bonds is 5. The van der Waals surface area contributed by atoms with Crippen LogP contribution in [0.3, 0.4) is 0 Å². The van der Waals surface area contributed by atoms with E-state index in [0.29, 0.717) is 17.3 Å².